The summed E-state index contributed by atoms with van der Waals surface area (Å²) in [6.45, 7) is 1.08. The third kappa shape index (κ3) is 123. The Morgan fingerprint density at radius 1 is 1.80 bits per heavy atom. The number of carboxylic acid groups (broad SMARTS) is 1. The van der Waals surface area contributed by atoms with Gasteiger partial charge in [-0.05, 0) is 0 Å². The minimum Gasteiger partial charge on any atom is -0.481 e. The van der Waals surface area contributed by atoms with Crippen LogP contribution in [-0.4, -0.2) is 40.6 Å². The van der Waals surface area contributed by atoms with E-state index in [9.17, 15) is 0 Å². The van der Waals surface area contributed by atoms with Crippen molar-refractivity contribution >= 4 is 35.5 Å². The Labute approximate surface area is 52.5 Å². The summed E-state index contributed by atoms with van der Waals surface area (Å²) in [5.74, 6) is -0.833. The molecule has 0 aromatic carbocycles. The fraction of sp³-hybridized carbons (Fsp3) is 0.500. The van der Waals surface area contributed by atoms with Crippen molar-refractivity contribution in [1.29, 1.82) is 0 Å². The summed E-state index contributed by atoms with van der Waals surface area (Å²) in [6.07, 6.45) is 0. The van der Waals surface area contributed by atoms with Crippen molar-refractivity contribution < 1.29 is 9.90 Å². The summed E-state index contributed by atoms with van der Waals surface area (Å²) in [4.78, 5) is 9.00. The molecule has 25 valence electrons. The zero-order chi connectivity index (χ0) is 3.58. The molecule has 2 nitrogen and oxygen atoms in total. The van der Waals surface area contributed by atoms with Crippen LogP contribution >= 0.6 is 0 Å². The van der Waals surface area contributed by atoms with Gasteiger partial charge in [0.1, 0.15) is 0 Å². The van der Waals surface area contributed by atoms with Gasteiger partial charge < -0.3 is 5.11 Å². The molecule has 0 aliphatic rings. The molecule has 0 heterocycles. The molecule has 0 aromatic heterocycles. The van der Waals surface area contributed by atoms with Gasteiger partial charge in [-0.1, -0.05) is 0 Å². The monoisotopic (exact) mass is 85.0 g/mol. The third-order valence-electron chi connectivity index (χ3n) is 0. The molecule has 5 heavy (non-hydrogen) atoms. The van der Waals surface area contributed by atoms with Gasteiger partial charge in [0.05, 0.1) is 0 Å². The van der Waals surface area contributed by atoms with Gasteiger partial charge in [-0.2, -0.15) is 0 Å². The zero-order valence-electron chi connectivity index (χ0n) is 3.36. The van der Waals surface area contributed by atoms with Crippen LogP contribution in [0.25, 0.3) is 0 Å². The molecule has 0 rings (SSSR count). The molecular weight excluding hydrogens is 81.0 g/mol. The second-order valence-electron chi connectivity index (χ2n) is 0.519. The van der Waals surface area contributed by atoms with Gasteiger partial charge in [0.2, 0.25) is 0 Å². The van der Waals surface area contributed by atoms with Crippen LogP contribution in [0.5, 0.6) is 0 Å². The Bertz CT molecular complexity index is 30.6. The second-order valence-corrected chi connectivity index (χ2v) is 0.519. The molecule has 0 aromatic rings. The van der Waals surface area contributed by atoms with Gasteiger partial charge in [-0.3, -0.25) is 4.79 Å². The molecule has 0 saturated heterocycles. The first-order valence-corrected chi connectivity index (χ1v) is 0.928. The van der Waals surface area contributed by atoms with Crippen molar-refractivity contribution in [3.63, 3.8) is 0 Å². The van der Waals surface area contributed by atoms with Crippen LogP contribution in [0.15, 0.2) is 0 Å². The van der Waals surface area contributed by atoms with E-state index in [-0.39, 0.29) is 29.6 Å². The molecule has 0 atom stereocenters. The van der Waals surface area contributed by atoms with Crippen molar-refractivity contribution in [2.45, 2.75) is 6.92 Å². The third-order valence-corrected chi connectivity index (χ3v) is 0. The van der Waals surface area contributed by atoms with E-state index in [4.69, 9.17) is 9.90 Å². The number of hydrogen-bond donors (Lipinski definition) is 1. The van der Waals surface area contributed by atoms with Gasteiger partial charge in [0.15, 0.2) is 0 Å². The summed E-state index contributed by atoms with van der Waals surface area (Å²) < 4.78 is 0. The molecule has 0 bridgehead atoms. The van der Waals surface area contributed by atoms with E-state index in [0.717, 1.165) is 6.92 Å². The van der Waals surface area contributed by atoms with E-state index in [2.05, 4.69) is 0 Å². The number of hydrogen-bond acceptors (Lipinski definition) is 1. The first kappa shape index (κ1) is 9.08. The summed E-state index contributed by atoms with van der Waals surface area (Å²) in [7, 11) is 0. The Kier molecular flexibility index (Phi) is 8.11. The molecular formula is C2H4NaO2. The average Bonchev–Trinajstić information content (AvgIpc) is 0.811. The van der Waals surface area contributed by atoms with E-state index in [0.29, 0.717) is 0 Å². The minimum absolute atomic E-state index is 0. The average molecular weight is 85.0 g/mol. The smallest absolute Gasteiger partial charge is 0.300 e. The van der Waals surface area contributed by atoms with E-state index >= 15 is 0 Å². The normalized spacial score (nSPS) is 5.00. The quantitative estimate of drug-likeness (QED) is 0.410. The van der Waals surface area contributed by atoms with Crippen molar-refractivity contribution in [2.24, 2.45) is 0 Å². The maximum Gasteiger partial charge on any atom is 0.300 e. The van der Waals surface area contributed by atoms with E-state index in [1.54, 1.807) is 0 Å². The molecule has 0 aliphatic heterocycles. The van der Waals surface area contributed by atoms with Crippen LogP contribution in [0.4, 0.5) is 0 Å². The Morgan fingerprint density at radius 3 is 1.80 bits per heavy atom. The van der Waals surface area contributed by atoms with Crippen molar-refractivity contribution in [3.05, 3.63) is 0 Å². The van der Waals surface area contributed by atoms with Crippen LogP contribution in [0.3, 0.4) is 0 Å². The van der Waals surface area contributed by atoms with E-state index < -0.39 is 5.97 Å². The van der Waals surface area contributed by atoms with Gasteiger partial charge in [-0.25, -0.2) is 0 Å². The molecule has 0 amide bonds. The van der Waals surface area contributed by atoms with Crippen LogP contribution in [-0.2, 0) is 4.79 Å². The van der Waals surface area contributed by atoms with Gasteiger partial charge in [0.25, 0.3) is 5.97 Å². The van der Waals surface area contributed by atoms with Gasteiger partial charge in [0, 0.05) is 36.5 Å². The Hall–Kier alpha value is 0.470. The van der Waals surface area contributed by atoms with Crippen molar-refractivity contribution in [2.75, 3.05) is 0 Å². The molecule has 0 fully saturated rings. The standard InChI is InChI=1S/C2H4O2.Na/c1-2(3)4;/h1H3,(H,3,4);/i2+2;. The predicted molar refractivity (Wildman–Crippen MR) is 19.1 cm³/mol. The van der Waals surface area contributed by atoms with Crippen molar-refractivity contribution in [3.8, 4) is 0 Å². The zero-order valence-corrected chi connectivity index (χ0v) is 5.36. The van der Waals surface area contributed by atoms with Crippen LogP contribution in [0.1, 0.15) is 6.92 Å². The van der Waals surface area contributed by atoms with Crippen LogP contribution < -0.4 is 0 Å². The second kappa shape index (κ2) is 4.47. The molecule has 3 heteroatoms. The summed E-state index contributed by atoms with van der Waals surface area (Å²) >= 11 is 0. The maximum atomic E-state index is 9.00. The summed E-state index contributed by atoms with van der Waals surface area (Å²) in [5, 5.41) is 7.42. The molecule has 1 N–H and O–H groups in total. The van der Waals surface area contributed by atoms with Crippen molar-refractivity contribution in [1.82, 2.24) is 0 Å². The number of carbonyl (C=O) groups is 1. The fourth-order valence-corrected chi connectivity index (χ4v) is 0. The van der Waals surface area contributed by atoms with Gasteiger partial charge in [-0.15, -0.1) is 0 Å². The Balaban J connectivity index is 0. The summed E-state index contributed by atoms with van der Waals surface area (Å²) in [5.41, 5.74) is 0. The maximum absolute atomic E-state index is 9.00. The molecule has 0 saturated carbocycles. The van der Waals surface area contributed by atoms with Crippen LogP contribution in [0.2, 0.25) is 0 Å². The SMILES string of the molecule is C[14C](=O)O.[Na]. The minimum atomic E-state index is -0.833. The van der Waals surface area contributed by atoms with Crippen LogP contribution in [0, 0.1) is 0 Å². The molecule has 1 radical (unpaired) electrons. The number of rotatable bonds is 0. The molecule has 0 unspecified atom stereocenters. The number of carboxylic acids is 1. The Morgan fingerprint density at radius 2 is 1.80 bits per heavy atom. The topological polar surface area (TPSA) is 37.3 Å². The molecule has 0 spiro atoms. The van der Waals surface area contributed by atoms with E-state index in [1.165, 1.54) is 0 Å². The summed E-state index contributed by atoms with van der Waals surface area (Å²) in [6, 6.07) is 0. The first-order valence-electron chi connectivity index (χ1n) is 0.928. The largest absolute Gasteiger partial charge is 0.481 e. The predicted octanol–water partition coefficient (Wildman–Crippen LogP) is -0.290. The number of aliphatic carboxylic acids is 1. The van der Waals surface area contributed by atoms with E-state index in [1.807, 2.05) is 0 Å². The fourth-order valence-electron chi connectivity index (χ4n) is 0. The van der Waals surface area contributed by atoms with Gasteiger partial charge >= 0.3 is 0 Å². The molecule has 0 aliphatic carbocycles. The first-order chi connectivity index (χ1) is 1.73.